The number of carbonyl (C=O) groups excluding carboxylic acids is 1. The number of nitrogens with one attached hydrogen (secondary N) is 1. The van der Waals surface area contributed by atoms with Gasteiger partial charge in [0.2, 0.25) is 0 Å². The smallest absolute Gasteiger partial charge is 0.251 e. The van der Waals surface area contributed by atoms with Gasteiger partial charge in [0.1, 0.15) is 5.69 Å². The molecule has 1 heterocycles. The van der Waals surface area contributed by atoms with Gasteiger partial charge in [0, 0.05) is 39.0 Å². The molecule has 0 aliphatic carbocycles. The number of nitrogens with zero attached hydrogens (tertiary/aromatic N) is 6. The van der Waals surface area contributed by atoms with Gasteiger partial charge < -0.3 is 29.2 Å². The largest absolute Gasteiger partial charge is 0.378 e. The fourth-order valence-electron chi connectivity index (χ4n) is 3.31. The maximum absolute atomic E-state index is 12.3. The number of hydrogen-bond acceptors (Lipinski definition) is 10. The standard InChI is InChI=1S/C27H37N7O5/c1-33(2)26-10-8-24(9-11-26)30-29-23-6-4-22(5-7-23)27(35)28-12-14-37-16-18-39-19-17-38-15-13-34-20-25(21-36-3)31-32-34/h4-11,20H,12-19,21H2,1-3H3,(H,28,35)/b30-29+. The van der Waals surface area contributed by atoms with E-state index in [2.05, 4.69) is 25.9 Å². The quantitative estimate of drug-likeness (QED) is 0.193. The molecular formula is C27H37N7O5. The Morgan fingerprint density at radius 2 is 1.46 bits per heavy atom. The molecule has 0 unspecified atom stereocenters. The number of azo groups is 1. The lowest BCUT2D eigenvalue weighted by atomic mass is 10.2. The van der Waals surface area contributed by atoms with Gasteiger partial charge >= 0.3 is 0 Å². The zero-order valence-electron chi connectivity index (χ0n) is 22.8. The van der Waals surface area contributed by atoms with Crippen molar-refractivity contribution >= 4 is 23.0 Å². The lowest BCUT2D eigenvalue weighted by Gasteiger charge is -2.11. The fourth-order valence-corrected chi connectivity index (χ4v) is 3.31. The van der Waals surface area contributed by atoms with E-state index >= 15 is 0 Å². The van der Waals surface area contributed by atoms with Crippen LogP contribution in [0.3, 0.4) is 0 Å². The highest BCUT2D eigenvalue weighted by atomic mass is 16.5. The second-order valence-corrected chi connectivity index (χ2v) is 8.66. The predicted octanol–water partition coefficient (Wildman–Crippen LogP) is 3.39. The van der Waals surface area contributed by atoms with E-state index in [1.54, 1.807) is 36.1 Å². The van der Waals surface area contributed by atoms with E-state index < -0.39 is 0 Å². The number of rotatable bonds is 18. The minimum atomic E-state index is -0.171. The number of ether oxygens (including phenoxy) is 4. The molecule has 39 heavy (non-hydrogen) atoms. The zero-order chi connectivity index (χ0) is 27.7. The maximum Gasteiger partial charge on any atom is 0.251 e. The van der Waals surface area contributed by atoms with Crippen LogP contribution in [0.2, 0.25) is 0 Å². The summed E-state index contributed by atoms with van der Waals surface area (Å²) in [7, 11) is 5.59. The van der Waals surface area contributed by atoms with Crippen molar-refractivity contribution in [2.75, 3.05) is 72.3 Å². The van der Waals surface area contributed by atoms with Gasteiger partial charge in [0.15, 0.2) is 0 Å². The van der Waals surface area contributed by atoms with Crippen molar-refractivity contribution in [3.63, 3.8) is 0 Å². The molecular weight excluding hydrogens is 502 g/mol. The Balaban J connectivity index is 1.19. The third-order valence-corrected chi connectivity index (χ3v) is 5.40. The topological polar surface area (TPSA) is 125 Å². The summed E-state index contributed by atoms with van der Waals surface area (Å²) in [6.45, 7) is 4.24. The van der Waals surface area contributed by atoms with Crippen molar-refractivity contribution in [2.45, 2.75) is 13.2 Å². The molecule has 0 bridgehead atoms. The average Bonchev–Trinajstić information content (AvgIpc) is 3.40. The Morgan fingerprint density at radius 3 is 2.08 bits per heavy atom. The second-order valence-electron chi connectivity index (χ2n) is 8.66. The van der Waals surface area contributed by atoms with Crippen LogP contribution in [0, 0.1) is 0 Å². The molecule has 1 N–H and O–H groups in total. The molecule has 2 aromatic carbocycles. The van der Waals surface area contributed by atoms with Crippen molar-refractivity contribution in [1.29, 1.82) is 0 Å². The van der Waals surface area contributed by atoms with Crippen molar-refractivity contribution in [3.8, 4) is 0 Å². The molecule has 12 heteroatoms. The summed E-state index contributed by atoms with van der Waals surface area (Å²) >= 11 is 0. The van der Waals surface area contributed by atoms with Crippen LogP contribution < -0.4 is 10.2 Å². The first-order valence-electron chi connectivity index (χ1n) is 12.7. The third kappa shape index (κ3) is 11.3. The maximum atomic E-state index is 12.3. The van der Waals surface area contributed by atoms with Crippen LogP contribution in [0.15, 0.2) is 65.0 Å². The minimum absolute atomic E-state index is 0.171. The first-order chi connectivity index (χ1) is 19.0. The summed E-state index contributed by atoms with van der Waals surface area (Å²) in [6, 6.07) is 14.8. The first-order valence-corrected chi connectivity index (χ1v) is 12.7. The Kier molecular flexibility index (Phi) is 13.0. The van der Waals surface area contributed by atoms with E-state index in [0.29, 0.717) is 70.6 Å². The van der Waals surface area contributed by atoms with Crippen molar-refractivity contribution < 1.29 is 23.7 Å². The van der Waals surface area contributed by atoms with Crippen LogP contribution in [0.25, 0.3) is 0 Å². The molecule has 1 aromatic heterocycles. The summed E-state index contributed by atoms with van der Waals surface area (Å²) < 4.78 is 23.2. The van der Waals surface area contributed by atoms with E-state index in [9.17, 15) is 4.79 Å². The summed E-state index contributed by atoms with van der Waals surface area (Å²) in [5.74, 6) is -0.171. The molecule has 0 saturated carbocycles. The lowest BCUT2D eigenvalue weighted by Crippen LogP contribution is -2.27. The first kappa shape index (κ1) is 29.8. The van der Waals surface area contributed by atoms with Crippen LogP contribution in [0.4, 0.5) is 17.1 Å². The molecule has 3 rings (SSSR count). The Labute approximate surface area is 228 Å². The van der Waals surface area contributed by atoms with Gasteiger partial charge in [-0.1, -0.05) is 5.21 Å². The number of amides is 1. The molecule has 12 nitrogen and oxygen atoms in total. The van der Waals surface area contributed by atoms with Gasteiger partial charge in [0.25, 0.3) is 5.91 Å². The van der Waals surface area contributed by atoms with Gasteiger partial charge in [-0.15, -0.1) is 5.10 Å². The SMILES string of the molecule is COCc1cn(CCOCCOCCOCCNC(=O)c2ccc(/N=N/c3ccc(N(C)C)cc3)cc2)nn1. The molecule has 0 aliphatic rings. The van der Waals surface area contributed by atoms with E-state index in [4.69, 9.17) is 18.9 Å². The fraction of sp³-hybridized carbons (Fsp3) is 0.444. The van der Waals surface area contributed by atoms with Crippen LogP contribution in [-0.2, 0) is 32.1 Å². The average molecular weight is 540 g/mol. The number of methoxy groups -OCH3 is 1. The van der Waals surface area contributed by atoms with E-state index in [1.807, 2.05) is 49.5 Å². The predicted molar refractivity (Wildman–Crippen MR) is 147 cm³/mol. The number of aromatic nitrogens is 3. The monoisotopic (exact) mass is 539 g/mol. The van der Waals surface area contributed by atoms with Crippen molar-refractivity contribution in [1.82, 2.24) is 20.3 Å². The molecule has 0 atom stereocenters. The number of carbonyl (C=O) groups is 1. The molecule has 0 aliphatic heterocycles. The molecule has 0 radical (unpaired) electrons. The van der Waals surface area contributed by atoms with Gasteiger partial charge in [0.05, 0.1) is 70.4 Å². The minimum Gasteiger partial charge on any atom is -0.378 e. The number of benzene rings is 2. The molecule has 0 spiro atoms. The Hall–Kier alpha value is -3.71. The van der Waals surface area contributed by atoms with Crippen LogP contribution >= 0.6 is 0 Å². The van der Waals surface area contributed by atoms with E-state index in [-0.39, 0.29) is 5.91 Å². The third-order valence-electron chi connectivity index (χ3n) is 5.40. The summed E-state index contributed by atoms with van der Waals surface area (Å²) in [6.07, 6.45) is 1.83. The Morgan fingerprint density at radius 1 is 0.872 bits per heavy atom. The normalized spacial score (nSPS) is 11.3. The molecule has 210 valence electrons. The summed E-state index contributed by atoms with van der Waals surface area (Å²) in [4.78, 5) is 14.3. The molecule has 0 fully saturated rings. The van der Waals surface area contributed by atoms with Crippen molar-refractivity contribution in [2.24, 2.45) is 10.2 Å². The van der Waals surface area contributed by atoms with Gasteiger partial charge in [-0.3, -0.25) is 4.79 Å². The summed E-state index contributed by atoms with van der Waals surface area (Å²) in [5, 5.41) is 19.3. The van der Waals surface area contributed by atoms with Crippen LogP contribution in [-0.4, -0.2) is 88.3 Å². The second kappa shape index (κ2) is 17.0. The summed E-state index contributed by atoms with van der Waals surface area (Å²) in [5.41, 5.74) is 3.86. The lowest BCUT2D eigenvalue weighted by molar-refractivity contribution is 0.0133. The number of hydrogen-bond donors (Lipinski definition) is 1. The van der Waals surface area contributed by atoms with Crippen LogP contribution in [0.1, 0.15) is 16.1 Å². The van der Waals surface area contributed by atoms with Gasteiger partial charge in [-0.05, 0) is 48.5 Å². The Bertz CT molecular complexity index is 1130. The highest BCUT2D eigenvalue weighted by molar-refractivity contribution is 5.94. The van der Waals surface area contributed by atoms with Crippen LogP contribution in [0.5, 0.6) is 0 Å². The molecule has 3 aromatic rings. The molecule has 1 amide bonds. The van der Waals surface area contributed by atoms with E-state index in [1.165, 1.54) is 0 Å². The highest BCUT2D eigenvalue weighted by Crippen LogP contribution is 2.21. The molecule has 0 saturated heterocycles. The number of anilines is 1. The van der Waals surface area contributed by atoms with Crippen molar-refractivity contribution in [3.05, 3.63) is 66.0 Å². The highest BCUT2D eigenvalue weighted by Gasteiger charge is 2.05. The van der Waals surface area contributed by atoms with Gasteiger partial charge in [-0.25, -0.2) is 4.68 Å². The van der Waals surface area contributed by atoms with E-state index in [0.717, 1.165) is 17.1 Å². The zero-order valence-corrected chi connectivity index (χ0v) is 22.8. The van der Waals surface area contributed by atoms with Gasteiger partial charge in [-0.2, -0.15) is 10.2 Å².